The van der Waals surface area contributed by atoms with Crippen LogP contribution < -0.4 is 0 Å². The molecular weight excluding hydrogens is 298 g/mol. The van der Waals surface area contributed by atoms with Crippen LogP contribution in [0.2, 0.25) is 0 Å². The molecule has 3 nitrogen and oxygen atoms in total. The molecule has 3 aromatic heterocycles. The Morgan fingerprint density at radius 3 is 1.85 bits per heavy atom. The summed E-state index contributed by atoms with van der Waals surface area (Å²) in [5.41, 5.74) is 1.67. The van der Waals surface area contributed by atoms with Gasteiger partial charge in [-0.25, -0.2) is 0 Å². The Kier molecular flexibility index (Phi) is 1.59. The molecule has 0 aliphatic heterocycles. The molecule has 0 fully saturated rings. The molecular formula is C8H6N2OSe2. The van der Waals surface area contributed by atoms with E-state index in [0.717, 1.165) is 11.4 Å². The first kappa shape index (κ1) is 8.01. The van der Waals surface area contributed by atoms with Crippen LogP contribution in [0.4, 0.5) is 0 Å². The topological polar surface area (TPSA) is 38.9 Å². The van der Waals surface area contributed by atoms with Gasteiger partial charge in [-0.3, -0.25) is 0 Å². The summed E-state index contributed by atoms with van der Waals surface area (Å²) in [5, 5.41) is 0. The van der Waals surface area contributed by atoms with E-state index in [1.54, 1.807) is 0 Å². The molecule has 3 rings (SSSR count). The summed E-state index contributed by atoms with van der Waals surface area (Å²) in [4.78, 5) is 8.72. The Hall–Kier alpha value is -0.341. The second-order valence-electron chi connectivity index (χ2n) is 2.84. The average molecular weight is 304 g/mol. The first-order chi connectivity index (χ1) is 6.24. The number of hydrogen-bond acceptors (Lipinski definition) is 3. The van der Waals surface area contributed by atoms with E-state index in [9.17, 15) is 0 Å². The zero-order valence-electron chi connectivity index (χ0n) is 7.12. The van der Waals surface area contributed by atoms with Crippen LogP contribution in [0.1, 0.15) is 9.14 Å². The first-order valence-electron chi connectivity index (χ1n) is 3.87. The first-order valence-corrected chi connectivity index (χ1v) is 7.30. The van der Waals surface area contributed by atoms with Crippen molar-refractivity contribution in [2.24, 2.45) is 0 Å². The molecule has 0 aliphatic rings. The summed E-state index contributed by atoms with van der Waals surface area (Å²) in [6.45, 7) is 4.13. The van der Waals surface area contributed by atoms with Gasteiger partial charge >= 0.3 is 86.3 Å². The summed E-state index contributed by atoms with van der Waals surface area (Å²) in [7, 11) is 0. The van der Waals surface area contributed by atoms with Gasteiger partial charge in [0.05, 0.1) is 0 Å². The minimum absolute atomic E-state index is 0.397. The van der Waals surface area contributed by atoms with Crippen molar-refractivity contribution >= 4 is 49.0 Å². The van der Waals surface area contributed by atoms with Crippen molar-refractivity contribution < 1.29 is 4.42 Å². The zero-order valence-corrected chi connectivity index (χ0v) is 10.5. The molecule has 0 unspecified atom stereocenters. The van der Waals surface area contributed by atoms with Gasteiger partial charge in [0.1, 0.15) is 0 Å². The van der Waals surface area contributed by atoms with E-state index >= 15 is 0 Å². The fourth-order valence-corrected chi connectivity index (χ4v) is 5.51. The fraction of sp³-hybridized carbons (Fsp3) is 0.250. The summed E-state index contributed by atoms with van der Waals surface area (Å²) in [6.07, 6.45) is 0. The Balaban J connectivity index is 2.56. The van der Waals surface area contributed by atoms with Crippen molar-refractivity contribution in [2.75, 3.05) is 0 Å². The third kappa shape index (κ3) is 1.09. The SMILES string of the molecule is Cc1nc2oc3nc(C)[se]c3c2[se]1. The van der Waals surface area contributed by atoms with E-state index in [4.69, 9.17) is 4.42 Å². The fourth-order valence-electron chi connectivity index (χ4n) is 1.33. The maximum absolute atomic E-state index is 5.57. The molecule has 0 aromatic carbocycles. The van der Waals surface area contributed by atoms with Crippen LogP contribution in [-0.4, -0.2) is 39.0 Å². The van der Waals surface area contributed by atoms with Crippen LogP contribution in [0.25, 0.3) is 19.9 Å². The number of hydrogen-bond donors (Lipinski definition) is 0. The van der Waals surface area contributed by atoms with Gasteiger partial charge in [-0.05, 0) is 0 Å². The van der Waals surface area contributed by atoms with Crippen LogP contribution in [0, 0.1) is 13.8 Å². The number of rotatable bonds is 0. The van der Waals surface area contributed by atoms with Crippen LogP contribution in [0.15, 0.2) is 4.42 Å². The van der Waals surface area contributed by atoms with Crippen LogP contribution >= 0.6 is 0 Å². The number of furan rings is 1. The Morgan fingerprint density at radius 2 is 1.38 bits per heavy atom. The molecule has 0 bridgehead atoms. The molecule has 3 heterocycles. The molecule has 0 saturated carbocycles. The number of aryl methyl sites for hydroxylation is 2. The second-order valence-corrected chi connectivity index (χ2v) is 7.89. The zero-order chi connectivity index (χ0) is 9.00. The molecule has 0 atom stereocenters. The minimum atomic E-state index is 0.397. The van der Waals surface area contributed by atoms with Crippen molar-refractivity contribution in [3.05, 3.63) is 9.14 Å². The quantitative estimate of drug-likeness (QED) is 0.584. The Labute approximate surface area is 86.3 Å². The van der Waals surface area contributed by atoms with E-state index in [1.165, 1.54) is 17.7 Å². The molecule has 0 radical (unpaired) electrons. The van der Waals surface area contributed by atoms with Crippen molar-refractivity contribution in [3.8, 4) is 0 Å². The summed E-state index contributed by atoms with van der Waals surface area (Å²) in [6, 6.07) is 0. The molecule has 0 spiro atoms. The summed E-state index contributed by atoms with van der Waals surface area (Å²) in [5.74, 6) is 0. The van der Waals surface area contributed by atoms with E-state index in [1.807, 2.05) is 0 Å². The van der Waals surface area contributed by atoms with Crippen LogP contribution in [0.5, 0.6) is 0 Å². The average Bonchev–Trinajstić information content (AvgIpc) is 2.60. The number of aromatic nitrogens is 2. The number of nitrogens with zero attached hydrogens (tertiary/aromatic N) is 2. The molecule has 13 heavy (non-hydrogen) atoms. The van der Waals surface area contributed by atoms with Gasteiger partial charge in [0.25, 0.3) is 0 Å². The van der Waals surface area contributed by atoms with E-state index < -0.39 is 0 Å². The van der Waals surface area contributed by atoms with E-state index in [0.29, 0.717) is 29.0 Å². The molecule has 0 amide bonds. The van der Waals surface area contributed by atoms with Gasteiger partial charge in [-0.15, -0.1) is 0 Å². The second kappa shape index (κ2) is 2.58. The molecule has 0 saturated heterocycles. The van der Waals surface area contributed by atoms with Crippen molar-refractivity contribution in [1.82, 2.24) is 9.97 Å². The molecule has 3 aromatic rings. The predicted octanol–water partition coefficient (Wildman–Crippen LogP) is 1.11. The van der Waals surface area contributed by atoms with Crippen molar-refractivity contribution in [1.29, 1.82) is 0 Å². The van der Waals surface area contributed by atoms with Gasteiger partial charge in [0.15, 0.2) is 0 Å². The normalized spacial score (nSPS) is 11.8. The molecule has 0 N–H and O–H groups in total. The van der Waals surface area contributed by atoms with Gasteiger partial charge in [0.2, 0.25) is 0 Å². The Bertz CT molecular complexity index is 539. The van der Waals surface area contributed by atoms with Crippen molar-refractivity contribution in [3.63, 3.8) is 0 Å². The maximum atomic E-state index is 5.57. The number of fused-ring (bicyclic) bond motifs is 3. The predicted molar refractivity (Wildman–Crippen MR) is 52.7 cm³/mol. The monoisotopic (exact) mass is 306 g/mol. The molecule has 66 valence electrons. The molecule has 0 aliphatic carbocycles. The summed E-state index contributed by atoms with van der Waals surface area (Å²) < 4.78 is 10.7. The van der Waals surface area contributed by atoms with Crippen LogP contribution in [-0.2, 0) is 0 Å². The van der Waals surface area contributed by atoms with Gasteiger partial charge in [-0.1, -0.05) is 0 Å². The van der Waals surface area contributed by atoms with Crippen molar-refractivity contribution in [2.45, 2.75) is 13.8 Å². The van der Waals surface area contributed by atoms with Gasteiger partial charge in [0, 0.05) is 0 Å². The van der Waals surface area contributed by atoms with E-state index in [-0.39, 0.29) is 0 Å². The third-order valence-electron chi connectivity index (χ3n) is 1.81. The third-order valence-corrected chi connectivity index (χ3v) is 6.53. The summed E-state index contributed by atoms with van der Waals surface area (Å²) >= 11 is 0.794. The molecule has 5 heteroatoms. The van der Waals surface area contributed by atoms with Gasteiger partial charge < -0.3 is 0 Å². The van der Waals surface area contributed by atoms with Crippen LogP contribution in [0.3, 0.4) is 0 Å². The standard InChI is InChI=1S/C8H6N2OSe2/c1-3-9-7-5(12-3)6-8(11-7)10-4(2)13-6/h1-2H3. The van der Waals surface area contributed by atoms with E-state index in [2.05, 4.69) is 23.8 Å². The Morgan fingerprint density at radius 1 is 0.923 bits per heavy atom. The van der Waals surface area contributed by atoms with Gasteiger partial charge in [-0.2, -0.15) is 0 Å².